The normalized spacial score (nSPS) is 19.3. The van der Waals surface area contributed by atoms with Gasteiger partial charge in [-0.15, -0.1) is 11.3 Å². The summed E-state index contributed by atoms with van der Waals surface area (Å²) >= 11 is 2.06. The molecule has 0 bridgehead atoms. The predicted molar refractivity (Wildman–Crippen MR) is 245 cm³/mol. The maximum absolute atomic E-state index is 2.69. The Labute approximate surface area is 340 Å². The van der Waals surface area contributed by atoms with Crippen LogP contribution in [0, 0.1) is 6.92 Å². The Balaban J connectivity index is 1.38. The molecule has 0 atom stereocenters. The van der Waals surface area contributed by atoms with Gasteiger partial charge in [-0.3, -0.25) is 0 Å². The monoisotopic (exact) mass is 752 g/mol. The maximum Gasteiger partial charge on any atom is 0.264 e. The number of thiophene rings is 1. The first kappa shape index (κ1) is 36.1. The summed E-state index contributed by atoms with van der Waals surface area (Å²) in [4.78, 5) is 5.32. The third-order valence-electron chi connectivity index (χ3n) is 14.7. The van der Waals surface area contributed by atoms with Crippen LogP contribution in [0.3, 0.4) is 0 Å². The topological polar surface area (TPSA) is 6.48 Å². The predicted octanol–water partition coefficient (Wildman–Crippen LogP) is 13.1. The summed E-state index contributed by atoms with van der Waals surface area (Å²) < 4.78 is 2.90. The summed E-state index contributed by atoms with van der Waals surface area (Å²) in [6, 6.07) is 36.0. The zero-order valence-corrected chi connectivity index (χ0v) is 36.3. The number of aryl methyl sites for hydroxylation is 1. The van der Waals surface area contributed by atoms with Crippen LogP contribution in [0.25, 0.3) is 10.1 Å². The fourth-order valence-corrected chi connectivity index (χ4v) is 12.2. The Bertz CT molecular complexity index is 2600. The van der Waals surface area contributed by atoms with Gasteiger partial charge in [-0.25, -0.2) is 0 Å². The third kappa shape index (κ3) is 5.06. The summed E-state index contributed by atoms with van der Waals surface area (Å²) in [6.45, 7) is 26.9. The van der Waals surface area contributed by atoms with Crippen LogP contribution in [0.5, 0.6) is 0 Å². The highest BCUT2D eigenvalue weighted by molar-refractivity contribution is 7.33. The Morgan fingerprint density at radius 1 is 0.571 bits per heavy atom. The highest BCUT2D eigenvalue weighted by Gasteiger charge is 2.48. The zero-order chi connectivity index (χ0) is 39.3. The molecule has 2 aliphatic carbocycles. The molecule has 0 saturated heterocycles. The molecule has 2 aliphatic heterocycles. The number of benzene rings is 5. The van der Waals surface area contributed by atoms with Crippen LogP contribution in [0.2, 0.25) is 0 Å². The second-order valence-corrected chi connectivity index (χ2v) is 21.6. The number of hydrogen-bond donors (Lipinski definition) is 0. The largest absolute Gasteiger partial charge is 0.311 e. The minimum Gasteiger partial charge on any atom is -0.311 e. The molecule has 6 aromatic rings. The molecule has 0 unspecified atom stereocenters. The number of para-hydroxylation sites is 2. The second kappa shape index (κ2) is 11.9. The lowest BCUT2D eigenvalue weighted by Crippen LogP contribution is -2.61. The molecular formula is C52H57BN2S. The fourth-order valence-electron chi connectivity index (χ4n) is 10.9. The molecule has 0 radical (unpaired) electrons. The second-order valence-electron chi connectivity index (χ2n) is 20.6. The van der Waals surface area contributed by atoms with Crippen molar-refractivity contribution in [2.24, 2.45) is 0 Å². The SMILES string of the molecule is Cc1ccccc1N1c2cc3c(cc2B2c4sc5cc6c(cc5c4N(c4ccccc4)c4cc(C(C)C)cc1c42)C(C)(C)CCC6(C)C)C(C)(C)CCC3(C)C. The molecule has 4 aliphatic rings. The van der Waals surface area contributed by atoms with E-state index in [1.165, 1.54) is 113 Å². The van der Waals surface area contributed by atoms with Crippen molar-refractivity contribution in [2.45, 2.75) is 129 Å². The highest BCUT2D eigenvalue weighted by Crippen LogP contribution is 2.54. The summed E-state index contributed by atoms with van der Waals surface area (Å²) in [6.07, 6.45) is 4.82. The first-order valence-electron chi connectivity index (χ1n) is 21.2. The summed E-state index contributed by atoms with van der Waals surface area (Å²) in [5, 5.41) is 1.41. The molecule has 0 amide bonds. The summed E-state index contributed by atoms with van der Waals surface area (Å²) in [7, 11) is 0. The fraction of sp³-hybridized carbons (Fsp3) is 0.385. The first-order chi connectivity index (χ1) is 26.5. The minimum absolute atomic E-state index is 0.0978. The van der Waals surface area contributed by atoms with Crippen LogP contribution in [0.1, 0.15) is 134 Å². The molecule has 0 saturated carbocycles. The Morgan fingerprint density at radius 3 is 1.71 bits per heavy atom. The minimum atomic E-state index is 0.0978. The van der Waals surface area contributed by atoms with Gasteiger partial charge >= 0.3 is 0 Å². The third-order valence-corrected chi connectivity index (χ3v) is 15.9. The average Bonchev–Trinajstić information content (AvgIpc) is 3.53. The average molecular weight is 753 g/mol. The van der Waals surface area contributed by atoms with E-state index in [4.69, 9.17) is 0 Å². The van der Waals surface area contributed by atoms with Gasteiger partial charge in [0.1, 0.15) is 0 Å². The van der Waals surface area contributed by atoms with Crippen LogP contribution in [0.4, 0.5) is 34.1 Å². The first-order valence-corrected chi connectivity index (χ1v) is 22.0. The molecule has 2 nitrogen and oxygen atoms in total. The zero-order valence-electron chi connectivity index (χ0n) is 35.4. The lowest BCUT2D eigenvalue weighted by Gasteiger charge is -2.47. The van der Waals surface area contributed by atoms with E-state index in [9.17, 15) is 0 Å². The van der Waals surface area contributed by atoms with Crippen molar-refractivity contribution < 1.29 is 0 Å². The molecule has 5 aromatic carbocycles. The van der Waals surface area contributed by atoms with Crippen LogP contribution >= 0.6 is 11.3 Å². The Hall–Kier alpha value is -4.28. The van der Waals surface area contributed by atoms with E-state index in [2.05, 4.69) is 188 Å². The number of rotatable bonds is 3. The number of hydrogen-bond acceptors (Lipinski definition) is 3. The van der Waals surface area contributed by atoms with Gasteiger partial charge in [0.25, 0.3) is 6.71 Å². The smallest absolute Gasteiger partial charge is 0.264 e. The van der Waals surface area contributed by atoms with Crippen LogP contribution < -0.4 is 25.5 Å². The molecule has 1 aromatic heterocycles. The summed E-state index contributed by atoms with van der Waals surface area (Å²) in [5.41, 5.74) is 20.1. The molecule has 56 heavy (non-hydrogen) atoms. The molecule has 0 N–H and O–H groups in total. The van der Waals surface area contributed by atoms with Gasteiger partial charge in [0, 0.05) is 43.3 Å². The highest BCUT2D eigenvalue weighted by atomic mass is 32.1. The van der Waals surface area contributed by atoms with Gasteiger partial charge in [-0.2, -0.15) is 0 Å². The Kier molecular flexibility index (Phi) is 7.66. The van der Waals surface area contributed by atoms with Crippen LogP contribution in [0.15, 0.2) is 91.0 Å². The van der Waals surface area contributed by atoms with E-state index in [0.717, 1.165) is 0 Å². The molecule has 0 fully saturated rings. The molecule has 284 valence electrons. The molecule has 4 heteroatoms. The van der Waals surface area contributed by atoms with E-state index in [-0.39, 0.29) is 28.4 Å². The lowest BCUT2D eigenvalue weighted by atomic mass is 9.35. The van der Waals surface area contributed by atoms with Gasteiger partial charge in [-0.1, -0.05) is 112 Å². The van der Waals surface area contributed by atoms with Crippen molar-refractivity contribution in [3.05, 3.63) is 124 Å². The van der Waals surface area contributed by atoms with E-state index in [0.29, 0.717) is 5.92 Å². The molecular weight excluding hydrogens is 695 g/mol. The molecule has 0 spiro atoms. The van der Waals surface area contributed by atoms with Gasteiger partial charge in [-0.05, 0) is 153 Å². The van der Waals surface area contributed by atoms with Crippen molar-refractivity contribution >= 4 is 78.0 Å². The van der Waals surface area contributed by atoms with Crippen molar-refractivity contribution in [3.63, 3.8) is 0 Å². The lowest BCUT2D eigenvalue weighted by molar-refractivity contribution is 0.332. The number of fused-ring (bicyclic) bond motifs is 8. The number of anilines is 6. The van der Waals surface area contributed by atoms with E-state index >= 15 is 0 Å². The van der Waals surface area contributed by atoms with Crippen LogP contribution in [-0.2, 0) is 21.7 Å². The van der Waals surface area contributed by atoms with Crippen molar-refractivity contribution in [1.29, 1.82) is 0 Å². The molecule has 10 rings (SSSR count). The molecule has 3 heterocycles. The van der Waals surface area contributed by atoms with E-state index < -0.39 is 0 Å². The van der Waals surface area contributed by atoms with E-state index in [1.807, 2.05) is 0 Å². The van der Waals surface area contributed by atoms with Gasteiger partial charge in [0.15, 0.2) is 0 Å². The van der Waals surface area contributed by atoms with Gasteiger partial charge in [0.05, 0.1) is 5.69 Å². The maximum atomic E-state index is 2.69. The van der Waals surface area contributed by atoms with E-state index in [1.54, 1.807) is 5.56 Å². The van der Waals surface area contributed by atoms with Crippen molar-refractivity contribution in [2.75, 3.05) is 9.80 Å². The number of nitrogens with zero attached hydrogens (tertiary/aromatic N) is 2. The van der Waals surface area contributed by atoms with Gasteiger partial charge < -0.3 is 9.80 Å². The Morgan fingerprint density at radius 2 is 1.11 bits per heavy atom. The van der Waals surface area contributed by atoms with Crippen molar-refractivity contribution in [3.8, 4) is 0 Å². The van der Waals surface area contributed by atoms with Crippen molar-refractivity contribution in [1.82, 2.24) is 0 Å². The quantitative estimate of drug-likeness (QED) is 0.166. The van der Waals surface area contributed by atoms with Crippen LogP contribution in [-0.4, -0.2) is 6.71 Å². The standard InChI is InChI=1S/C52H57BN2S/c1-31(2)33-25-43-46-44(26-33)55(41-20-16-15-17-32(41)3)42-29-38-37(50(6,7)22-23-51(38,8)9)28-40(42)53(46)48-47(54(43)34-18-13-12-14-19-34)35-27-36-39(30-45(35)56-48)52(10,11)24-21-49(36,4)5/h12-20,25-31H,21-24H2,1-11H3. The summed E-state index contributed by atoms with van der Waals surface area (Å²) in [5.74, 6) is 0.367. The van der Waals surface area contributed by atoms with Gasteiger partial charge in [0.2, 0.25) is 0 Å².